The minimum atomic E-state index is -0.259. The van der Waals surface area contributed by atoms with Gasteiger partial charge in [0.2, 0.25) is 5.91 Å². The van der Waals surface area contributed by atoms with Crippen LogP contribution in [0.1, 0.15) is 32.7 Å². The molecule has 0 atom stereocenters. The maximum absolute atomic E-state index is 12.8. The average Bonchev–Trinajstić information content (AvgIpc) is 3.15. The van der Waals surface area contributed by atoms with Crippen molar-refractivity contribution in [2.45, 2.75) is 13.0 Å². The number of carbonyl (C=O) groups is 3. The van der Waals surface area contributed by atoms with Gasteiger partial charge in [0.1, 0.15) is 0 Å². The summed E-state index contributed by atoms with van der Waals surface area (Å²) in [7, 11) is 0. The fourth-order valence-electron chi connectivity index (χ4n) is 4.28. The second kappa shape index (κ2) is 9.30. The number of nitrogens with zero attached hydrogens (tertiary/aromatic N) is 1. The van der Waals surface area contributed by atoms with Gasteiger partial charge in [-0.3, -0.25) is 14.4 Å². The predicted octanol–water partition coefficient (Wildman–Crippen LogP) is 4.34. The molecule has 7 nitrogen and oxygen atoms in total. The number of benzene rings is 4. The van der Waals surface area contributed by atoms with E-state index in [4.69, 9.17) is 5.73 Å². The molecule has 5 rings (SSSR count). The van der Waals surface area contributed by atoms with Crippen LogP contribution in [-0.4, -0.2) is 24.3 Å². The van der Waals surface area contributed by atoms with E-state index < -0.39 is 0 Å². The Bertz CT molecular complexity index is 1440. The lowest BCUT2D eigenvalue weighted by Gasteiger charge is -2.17. The molecule has 0 spiro atoms. The quantitative estimate of drug-likeness (QED) is 0.354. The van der Waals surface area contributed by atoms with Crippen LogP contribution in [0.15, 0.2) is 84.9 Å². The molecule has 3 amide bonds. The van der Waals surface area contributed by atoms with Crippen LogP contribution in [-0.2, 0) is 11.3 Å². The van der Waals surface area contributed by atoms with E-state index in [0.29, 0.717) is 35.6 Å². The van der Waals surface area contributed by atoms with Crippen LogP contribution < -0.4 is 21.3 Å². The van der Waals surface area contributed by atoms with Gasteiger partial charge < -0.3 is 21.3 Å². The molecule has 7 heteroatoms. The predicted molar refractivity (Wildman–Crippen MR) is 137 cm³/mol. The molecule has 0 aliphatic carbocycles. The highest BCUT2D eigenvalue weighted by Gasteiger charge is 2.29. The molecular weight excluding hydrogens is 440 g/mol. The van der Waals surface area contributed by atoms with Gasteiger partial charge >= 0.3 is 0 Å². The first-order chi connectivity index (χ1) is 17.0. The molecular formula is C28H24N4O3. The van der Waals surface area contributed by atoms with Gasteiger partial charge in [-0.05, 0) is 47.3 Å². The molecule has 1 heterocycles. The number of nitrogens with two attached hydrogens (primary N) is 1. The van der Waals surface area contributed by atoms with Gasteiger partial charge in [-0.15, -0.1) is 0 Å². The molecule has 1 aliphatic rings. The van der Waals surface area contributed by atoms with Crippen LogP contribution in [0.4, 0.5) is 17.1 Å². The number of para-hydroxylation sites is 2. The number of rotatable bonds is 7. The number of anilines is 3. The minimum Gasteiger partial charge on any atom is -0.397 e. The van der Waals surface area contributed by atoms with Crippen LogP contribution in [0.3, 0.4) is 0 Å². The Hall–Kier alpha value is -4.65. The first-order valence-electron chi connectivity index (χ1n) is 11.4. The van der Waals surface area contributed by atoms with Crippen molar-refractivity contribution in [3.8, 4) is 0 Å². The van der Waals surface area contributed by atoms with E-state index in [1.165, 1.54) is 0 Å². The Kier molecular flexibility index (Phi) is 5.89. The molecule has 0 fully saturated rings. The summed E-state index contributed by atoms with van der Waals surface area (Å²) in [6, 6.07) is 25.6. The molecule has 0 saturated carbocycles. The molecule has 35 heavy (non-hydrogen) atoms. The molecule has 4 aromatic rings. The standard InChI is InChI=1S/C28H24N4O3/c29-22-8-1-2-9-23(22)31-27(34)20-13-11-18(12-14-20)17-30-25(33)15-16-32-24-10-4-6-19-5-3-7-21(26(19)24)28(32)35/h1-14H,15-17,29H2,(H,30,33)(H,31,34). The SMILES string of the molecule is Nc1ccccc1NC(=O)c1ccc(CNC(=O)CCN2C(=O)c3cccc4cccc2c34)cc1. The molecule has 0 bridgehead atoms. The van der Waals surface area contributed by atoms with E-state index >= 15 is 0 Å². The Morgan fingerprint density at radius 3 is 2.37 bits per heavy atom. The second-order valence-corrected chi connectivity index (χ2v) is 8.40. The van der Waals surface area contributed by atoms with Crippen LogP contribution in [0.25, 0.3) is 10.8 Å². The average molecular weight is 465 g/mol. The Morgan fingerprint density at radius 2 is 1.60 bits per heavy atom. The molecule has 0 saturated heterocycles. The largest absolute Gasteiger partial charge is 0.397 e. The van der Waals surface area contributed by atoms with E-state index in [-0.39, 0.29) is 24.1 Å². The third-order valence-corrected chi connectivity index (χ3v) is 6.13. The zero-order chi connectivity index (χ0) is 24.4. The van der Waals surface area contributed by atoms with Crippen molar-refractivity contribution in [1.29, 1.82) is 0 Å². The fourth-order valence-corrected chi connectivity index (χ4v) is 4.28. The molecule has 0 unspecified atom stereocenters. The molecule has 174 valence electrons. The summed E-state index contributed by atoms with van der Waals surface area (Å²) in [5, 5.41) is 7.64. The molecule has 4 N–H and O–H groups in total. The Balaban J connectivity index is 1.14. The van der Waals surface area contributed by atoms with Gasteiger partial charge in [0, 0.05) is 36.0 Å². The Morgan fingerprint density at radius 1 is 0.857 bits per heavy atom. The summed E-state index contributed by atoms with van der Waals surface area (Å²) in [6.07, 6.45) is 0.190. The van der Waals surface area contributed by atoms with Crippen LogP contribution >= 0.6 is 0 Å². The zero-order valence-electron chi connectivity index (χ0n) is 19.0. The van der Waals surface area contributed by atoms with Crippen molar-refractivity contribution < 1.29 is 14.4 Å². The van der Waals surface area contributed by atoms with E-state index in [1.54, 1.807) is 53.4 Å². The van der Waals surface area contributed by atoms with Gasteiger partial charge in [-0.2, -0.15) is 0 Å². The van der Waals surface area contributed by atoms with Crippen molar-refractivity contribution in [2.24, 2.45) is 0 Å². The Labute approximate surface area is 202 Å². The van der Waals surface area contributed by atoms with Crippen molar-refractivity contribution in [1.82, 2.24) is 5.32 Å². The second-order valence-electron chi connectivity index (χ2n) is 8.40. The van der Waals surface area contributed by atoms with Gasteiger partial charge in [0.25, 0.3) is 11.8 Å². The fraction of sp³-hybridized carbons (Fsp3) is 0.107. The van der Waals surface area contributed by atoms with Gasteiger partial charge in [0.15, 0.2) is 0 Å². The van der Waals surface area contributed by atoms with Gasteiger partial charge in [0.05, 0.1) is 17.1 Å². The smallest absolute Gasteiger partial charge is 0.259 e. The molecule has 0 radical (unpaired) electrons. The van der Waals surface area contributed by atoms with Crippen LogP contribution in [0.5, 0.6) is 0 Å². The summed E-state index contributed by atoms with van der Waals surface area (Å²) in [4.78, 5) is 39.5. The number of carbonyl (C=O) groups excluding carboxylic acids is 3. The summed E-state index contributed by atoms with van der Waals surface area (Å²) >= 11 is 0. The van der Waals surface area contributed by atoms with Crippen molar-refractivity contribution >= 4 is 45.6 Å². The highest BCUT2D eigenvalue weighted by atomic mass is 16.2. The van der Waals surface area contributed by atoms with E-state index in [9.17, 15) is 14.4 Å². The highest BCUT2D eigenvalue weighted by molar-refractivity contribution is 6.25. The normalized spacial score (nSPS) is 12.1. The number of nitrogen functional groups attached to an aromatic ring is 1. The summed E-state index contributed by atoms with van der Waals surface area (Å²) < 4.78 is 0. The van der Waals surface area contributed by atoms with Crippen molar-refractivity contribution in [3.63, 3.8) is 0 Å². The highest BCUT2D eigenvalue weighted by Crippen LogP contribution is 2.37. The number of hydrogen-bond acceptors (Lipinski definition) is 4. The monoisotopic (exact) mass is 464 g/mol. The maximum atomic E-state index is 12.8. The van der Waals surface area contributed by atoms with Crippen LogP contribution in [0, 0.1) is 0 Å². The van der Waals surface area contributed by atoms with E-state index in [2.05, 4.69) is 10.6 Å². The lowest BCUT2D eigenvalue weighted by atomic mass is 10.1. The number of amides is 3. The van der Waals surface area contributed by atoms with Gasteiger partial charge in [-0.1, -0.05) is 48.5 Å². The van der Waals surface area contributed by atoms with E-state index in [1.807, 2.05) is 36.4 Å². The van der Waals surface area contributed by atoms with Crippen molar-refractivity contribution in [2.75, 3.05) is 22.5 Å². The lowest BCUT2D eigenvalue weighted by molar-refractivity contribution is -0.121. The zero-order valence-corrected chi connectivity index (χ0v) is 19.0. The third kappa shape index (κ3) is 4.44. The van der Waals surface area contributed by atoms with Gasteiger partial charge in [-0.25, -0.2) is 0 Å². The first kappa shape index (κ1) is 22.2. The molecule has 0 aromatic heterocycles. The van der Waals surface area contributed by atoms with E-state index in [0.717, 1.165) is 22.0 Å². The molecule has 1 aliphatic heterocycles. The third-order valence-electron chi connectivity index (χ3n) is 6.13. The topological polar surface area (TPSA) is 105 Å². The molecule has 4 aromatic carbocycles. The minimum absolute atomic E-state index is 0.0734. The maximum Gasteiger partial charge on any atom is 0.259 e. The number of nitrogens with one attached hydrogen (secondary N) is 2. The van der Waals surface area contributed by atoms with Crippen LogP contribution in [0.2, 0.25) is 0 Å². The lowest BCUT2D eigenvalue weighted by Crippen LogP contribution is -2.32. The summed E-state index contributed by atoms with van der Waals surface area (Å²) in [6.45, 7) is 0.635. The summed E-state index contributed by atoms with van der Waals surface area (Å²) in [5.41, 5.74) is 9.81. The van der Waals surface area contributed by atoms with Crippen molar-refractivity contribution in [3.05, 3.63) is 102 Å². The summed E-state index contributed by atoms with van der Waals surface area (Å²) in [5.74, 6) is -0.484. The first-order valence-corrected chi connectivity index (χ1v) is 11.4. The number of hydrogen-bond donors (Lipinski definition) is 3.